The third-order valence-electron chi connectivity index (χ3n) is 1.55. The SMILES string of the molecule is CC.CCCC.CN1CCNC1. The molecule has 0 spiro atoms. The lowest BCUT2D eigenvalue weighted by Crippen LogP contribution is -2.15. The van der Waals surface area contributed by atoms with Gasteiger partial charge in [0.15, 0.2) is 0 Å². The van der Waals surface area contributed by atoms with Crippen LogP contribution in [0.3, 0.4) is 0 Å². The minimum absolute atomic E-state index is 1.07. The molecule has 0 aromatic carbocycles. The molecule has 1 rings (SSSR count). The first-order valence-corrected chi connectivity index (χ1v) is 5.20. The zero-order valence-corrected chi connectivity index (χ0v) is 9.48. The van der Waals surface area contributed by atoms with Gasteiger partial charge in [-0.2, -0.15) is 0 Å². The van der Waals surface area contributed by atoms with Crippen molar-refractivity contribution in [1.29, 1.82) is 0 Å². The van der Waals surface area contributed by atoms with Crippen LogP contribution >= 0.6 is 0 Å². The third kappa shape index (κ3) is 12.6. The number of likely N-dealkylation sites (N-methyl/N-ethyl adjacent to an activating group) is 1. The third-order valence-corrected chi connectivity index (χ3v) is 1.55. The summed E-state index contributed by atoms with van der Waals surface area (Å²) in [6.07, 6.45) is 2.64. The lowest BCUT2D eigenvalue weighted by atomic mass is 10.4. The van der Waals surface area contributed by atoms with E-state index in [0.717, 1.165) is 13.2 Å². The van der Waals surface area contributed by atoms with Crippen LogP contribution in [0.25, 0.3) is 0 Å². The van der Waals surface area contributed by atoms with Gasteiger partial charge in [-0.1, -0.05) is 40.5 Å². The van der Waals surface area contributed by atoms with Crippen molar-refractivity contribution in [1.82, 2.24) is 10.2 Å². The Labute approximate surface area is 78.3 Å². The lowest BCUT2D eigenvalue weighted by Gasteiger charge is -1.99. The molecule has 0 radical (unpaired) electrons. The van der Waals surface area contributed by atoms with Crippen molar-refractivity contribution >= 4 is 0 Å². The van der Waals surface area contributed by atoms with Gasteiger partial charge in [0.2, 0.25) is 0 Å². The van der Waals surface area contributed by atoms with Crippen LogP contribution in [0.15, 0.2) is 0 Å². The van der Waals surface area contributed by atoms with E-state index >= 15 is 0 Å². The van der Waals surface area contributed by atoms with E-state index in [2.05, 4.69) is 31.1 Å². The molecule has 0 aliphatic carbocycles. The Morgan fingerprint density at radius 3 is 1.75 bits per heavy atom. The first-order chi connectivity index (χ1) is 5.81. The summed E-state index contributed by atoms with van der Waals surface area (Å²) in [6, 6.07) is 0. The molecule has 1 saturated heterocycles. The second kappa shape index (κ2) is 13.5. The van der Waals surface area contributed by atoms with E-state index in [9.17, 15) is 0 Å². The van der Waals surface area contributed by atoms with Crippen LogP contribution in [0.4, 0.5) is 0 Å². The van der Waals surface area contributed by atoms with Crippen LogP contribution in [0.1, 0.15) is 40.5 Å². The van der Waals surface area contributed by atoms with Gasteiger partial charge in [0.05, 0.1) is 0 Å². The standard InChI is InChI=1S/C4H10N2.C4H10.C2H6/c1-6-3-2-5-4-6;1-3-4-2;1-2/h5H,2-4H2,1H3;3-4H2,1-2H3;1-2H3. The molecule has 1 heterocycles. The molecule has 12 heavy (non-hydrogen) atoms. The highest BCUT2D eigenvalue weighted by Gasteiger charge is 2.01. The fourth-order valence-electron chi connectivity index (χ4n) is 0.619. The van der Waals surface area contributed by atoms with Crippen molar-refractivity contribution in [2.24, 2.45) is 0 Å². The van der Waals surface area contributed by atoms with Crippen molar-refractivity contribution in [3.63, 3.8) is 0 Å². The van der Waals surface area contributed by atoms with Crippen LogP contribution in [-0.4, -0.2) is 31.7 Å². The number of unbranched alkanes of at least 4 members (excludes halogenated alkanes) is 1. The molecule has 0 unspecified atom stereocenters. The predicted octanol–water partition coefficient (Wildman–Crippen LogP) is 2.31. The average molecular weight is 174 g/mol. The molecule has 0 amide bonds. The molecule has 0 aromatic rings. The molecule has 0 bridgehead atoms. The number of rotatable bonds is 1. The van der Waals surface area contributed by atoms with Crippen LogP contribution < -0.4 is 5.32 Å². The number of nitrogens with zero attached hydrogens (tertiary/aromatic N) is 1. The largest absolute Gasteiger partial charge is 0.303 e. The summed E-state index contributed by atoms with van der Waals surface area (Å²) < 4.78 is 0. The highest BCUT2D eigenvalue weighted by molar-refractivity contribution is 4.59. The summed E-state index contributed by atoms with van der Waals surface area (Å²) in [5.41, 5.74) is 0. The van der Waals surface area contributed by atoms with Gasteiger partial charge in [-0.05, 0) is 7.05 Å². The summed E-state index contributed by atoms with van der Waals surface area (Å²) in [5, 5.41) is 3.20. The topological polar surface area (TPSA) is 15.3 Å². The van der Waals surface area contributed by atoms with Crippen molar-refractivity contribution < 1.29 is 0 Å². The minimum Gasteiger partial charge on any atom is -0.303 e. The summed E-state index contributed by atoms with van der Waals surface area (Å²) >= 11 is 0. The van der Waals surface area contributed by atoms with Gasteiger partial charge in [-0.15, -0.1) is 0 Å². The minimum atomic E-state index is 1.07. The number of hydrogen-bond donors (Lipinski definition) is 1. The van der Waals surface area contributed by atoms with Gasteiger partial charge >= 0.3 is 0 Å². The van der Waals surface area contributed by atoms with Crippen molar-refractivity contribution in [2.75, 3.05) is 26.8 Å². The van der Waals surface area contributed by atoms with Crippen LogP contribution in [0, 0.1) is 0 Å². The fourth-order valence-corrected chi connectivity index (χ4v) is 0.619. The number of nitrogens with one attached hydrogen (secondary N) is 1. The summed E-state index contributed by atoms with van der Waals surface area (Å²) in [7, 11) is 2.11. The van der Waals surface area contributed by atoms with E-state index in [0.29, 0.717) is 0 Å². The van der Waals surface area contributed by atoms with E-state index in [1.165, 1.54) is 19.4 Å². The maximum Gasteiger partial charge on any atom is 0.0478 e. The smallest absolute Gasteiger partial charge is 0.0478 e. The summed E-state index contributed by atoms with van der Waals surface area (Å²) in [5.74, 6) is 0. The molecular weight excluding hydrogens is 148 g/mol. The molecule has 2 nitrogen and oxygen atoms in total. The Morgan fingerprint density at radius 1 is 1.17 bits per heavy atom. The fraction of sp³-hybridized carbons (Fsp3) is 1.00. The van der Waals surface area contributed by atoms with Gasteiger partial charge in [-0.3, -0.25) is 4.90 Å². The first kappa shape index (κ1) is 14.4. The van der Waals surface area contributed by atoms with Crippen molar-refractivity contribution in [3.05, 3.63) is 0 Å². The molecule has 1 N–H and O–H groups in total. The van der Waals surface area contributed by atoms with Gasteiger partial charge < -0.3 is 5.32 Å². The number of hydrogen-bond acceptors (Lipinski definition) is 2. The van der Waals surface area contributed by atoms with E-state index in [4.69, 9.17) is 0 Å². The molecule has 1 aliphatic rings. The van der Waals surface area contributed by atoms with E-state index in [-0.39, 0.29) is 0 Å². The molecular formula is C10H26N2. The first-order valence-electron chi connectivity index (χ1n) is 5.20. The summed E-state index contributed by atoms with van der Waals surface area (Å²) in [4.78, 5) is 2.25. The van der Waals surface area contributed by atoms with Crippen LogP contribution in [0.2, 0.25) is 0 Å². The zero-order valence-electron chi connectivity index (χ0n) is 9.48. The maximum absolute atomic E-state index is 3.20. The van der Waals surface area contributed by atoms with Crippen LogP contribution in [-0.2, 0) is 0 Å². The van der Waals surface area contributed by atoms with E-state index in [1.54, 1.807) is 0 Å². The predicted molar refractivity (Wildman–Crippen MR) is 57.4 cm³/mol. The molecule has 76 valence electrons. The highest BCUT2D eigenvalue weighted by Crippen LogP contribution is 1.82. The Bertz CT molecular complexity index is 56.9. The Morgan fingerprint density at radius 2 is 1.67 bits per heavy atom. The quantitative estimate of drug-likeness (QED) is 0.656. The normalized spacial score (nSPS) is 15.8. The second-order valence-corrected chi connectivity index (χ2v) is 2.74. The molecule has 1 aliphatic heterocycles. The molecule has 0 atom stereocenters. The van der Waals surface area contributed by atoms with Gasteiger partial charge in [-0.25, -0.2) is 0 Å². The maximum atomic E-state index is 3.20. The lowest BCUT2D eigenvalue weighted by molar-refractivity contribution is 0.412. The molecule has 2 heteroatoms. The van der Waals surface area contributed by atoms with Gasteiger partial charge in [0.1, 0.15) is 0 Å². The van der Waals surface area contributed by atoms with Crippen molar-refractivity contribution in [2.45, 2.75) is 40.5 Å². The monoisotopic (exact) mass is 174 g/mol. The second-order valence-electron chi connectivity index (χ2n) is 2.74. The van der Waals surface area contributed by atoms with Crippen molar-refractivity contribution in [3.8, 4) is 0 Å². The Hall–Kier alpha value is -0.0800. The van der Waals surface area contributed by atoms with E-state index in [1.807, 2.05) is 13.8 Å². The molecule has 0 aromatic heterocycles. The average Bonchev–Trinajstić information content (AvgIpc) is 2.60. The summed E-state index contributed by atoms with van der Waals surface area (Å²) in [6.45, 7) is 11.8. The van der Waals surface area contributed by atoms with Gasteiger partial charge in [0.25, 0.3) is 0 Å². The Kier molecular flexibility index (Phi) is 16.3. The van der Waals surface area contributed by atoms with E-state index < -0.39 is 0 Å². The molecule has 1 fully saturated rings. The van der Waals surface area contributed by atoms with Crippen LogP contribution in [0.5, 0.6) is 0 Å². The van der Waals surface area contributed by atoms with Gasteiger partial charge in [0, 0.05) is 19.8 Å². The highest BCUT2D eigenvalue weighted by atomic mass is 15.3. The molecule has 0 saturated carbocycles. The zero-order chi connectivity index (χ0) is 9.82. The Balaban J connectivity index is 0.